The van der Waals surface area contributed by atoms with Crippen LogP contribution in [0.15, 0.2) is 43.0 Å². The van der Waals surface area contributed by atoms with Crippen LogP contribution >= 0.6 is 0 Å². The first kappa shape index (κ1) is 16.0. The van der Waals surface area contributed by atoms with Crippen molar-refractivity contribution in [2.45, 2.75) is 19.4 Å². The molecule has 24 heavy (non-hydrogen) atoms. The van der Waals surface area contributed by atoms with Gasteiger partial charge in [-0.2, -0.15) is 0 Å². The lowest BCUT2D eigenvalue weighted by Gasteiger charge is -2.16. The Bertz CT molecular complexity index is 693. The number of rotatable bonds is 6. The molecule has 2 amide bonds. The third-order valence-corrected chi connectivity index (χ3v) is 3.96. The number of hydrogen-bond acceptors (Lipinski definition) is 5. The van der Waals surface area contributed by atoms with Gasteiger partial charge in [-0.3, -0.25) is 24.5 Å². The quantitative estimate of drug-likeness (QED) is 0.839. The van der Waals surface area contributed by atoms with E-state index in [1.165, 1.54) is 0 Å². The van der Waals surface area contributed by atoms with Crippen LogP contribution in [0.3, 0.4) is 0 Å². The third kappa shape index (κ3) is 4.13. The van der Waals surface area contributed by atoms with Gasteiger partial charge >= 0.3 is 0 Å². The Labute approximate surface area is 140 Å². The summed E-state index contributed by atoms with van der Waals surface area (Å²) in [5.41, 5.74) is 1.66. The maximum Gasteiger partial charge on any atom is 0.225 e. The summed E-state index contributed by atoms with van der Waals surface area (Å²) in [6, 6.07) is 5.60. The zero-order chi connectivity index (χ0) is 16.8. The number of carbonyl (C=O) groups excluding carboxylic acids is 2. The number of likely N-dealkylation sites (tertiary alicyclic amines) is 1. The van der Waals surface area contributed by atoms with Gasteiger partial charge in [0.05, 0.1) is 23.9 Å². The predicted octanol–water partition coefficient (Wildman–Crippen LogP) is 0.579. The maximum absolute atomic E-state index is 12.2. The van der Waals surface area contributed by atoms with Gasteiger partial charge in [-0.25, -0.2) is 0 Å². The minimum Gasteiger partial charge on any atom is -0.355 e. The molecule has 2 aromatic rings. The molecule has 7 heteroatoms. The zero-order valence-electron chi connectivity index (χ0n) is 13.3. The Morgan fingerprint density at radius 3 is 2.83 bits per heavy atom. The van der Waals surface area contributed by atoms with Crippen LogP contribution in [-0.4, -0.2) is 44.8 Å². The summed E-state index contributed by atoms with van der Waals surface area (Å²) in [6.07, 6.45) is 7.50. The molecular weight excluding hydrogens is 306 g/mol. The lowest BCUT2D eigenvalue weighted by Crippen LogP contribution is -2.34. The SMILES string of the molecule is O=C(NCCc1cnccn1)[C@H]1CC(=O)N(Cc2ccccn2)C1. The second-order valence-corrected chi connectivity index (χ2v) is 5.73. The van der Waals surface area contributed by atoms with Gasteiger partial charge in [0, 0.05) is 50.7 Å². The maximum atomic E-state index is 12.2. The van der Waals surface area contributed by atoms with Gasteiger partial charge in [-0.05, 0) is 12.1 Å². The topological polar surface area (TPSA) is 88.1 Å². The zero-order valence-corrected chi connectivity index (χ0v) is 13.3. The van der Waals surface area contributed by atoms with Crippen molar-refractivity contribution in [3.8, 4) is 0 Å². The monoisotopic (exact) mass is 325 g/mol. The number of nitrogens with one attached hydrogen (secondary N) is 1. The number of nitrogens with zero attached hydrogens (tertiary/aromatic N) is 4. The highest BCUT2D eigenvalue weighted by molar-refractivity contribution is 5.89. The van der Waals surface area contributed by atoms with Crippen LogP contribution in [0.5, 0.6) is 0 Å². The number of carbonyl (C=O) groups is 2. The Morgan fingerprint density at radius 1 is 1.21 bits per heavy atom. The normalized spacial score (nSPS) is 17.1. The standard InChI is InChI=1S/C17H19N5O2/c23-16-9-13(11-22(16)12-15-3-1-2-5-19-15)17(24)21-6-4-14-10-18-7-8-20-14/h1-3,5,7-8,10,13H,4,6,9,11-12H2,(H,21,24)/t13-/m0/s1. The molecule has 1 fully saturated rings. The molecule has 0 spiro atoms. The Kier molecular flexibility index (Phi) is 5.10. The minimum absolute atomic E-state index is 0.00488. The summed E-state index contributed by atoms with van der Waals surface area (Å²) in [7, 11) is 0. The van der Waals surface area contributed by atoms with E-state index in [4.69, 9.17) is 0 Å². The Hall–Kier alpha value is -2.83. The molecular formula is C17H19N5O2. The van der Waals surface area contributed by atoms with E-state index in [-0.39, 0.29) is 24.2 Å². The van der Waals surface area contributed by atoms with Crippen molar-refractivity contribution >= 4 is 11.8 Å². The van der Waals surface area contributed by atoms with Crippen molar-refractivity contribution in [1.82, 2.24) is 25.2 Å². The number of hydrogen-bond donors (Lipinski definition) is 1. The third-order valence-electron chi connectivity index (χ3n) is 3.96. The molecule has 0 bridgehead atoms. The molecule has 1 atom stereocenters. The van der Waals surface area contributed by atoms with E-state index in [2.05, 4.69) is 20.3 Å². The van der Waals surface area contributed by atoms with Gasteiger partial charge in [0.2, 0.25) is 11.8 Å². The highest BCUT2D eigenvalue weighted by Crippen LogP contribution is 2.19. The summed E-state index contributed by atoms with van der Waals surface area (Å²) >= 11 is 0. The van der Waals surface area contributed by atoms with Gasteiger partial charge in [0.25, 0.3) is 0 Å². The van der Waals surface area contributed by atoms with Crippen molar-refractivity contribution in [3.63, 3.8) is 0 Å². The van der Waals surface area contributed by atoms with Crippen LogP contribution in [0.2, 0.25) is 0 Å². The van der Waals surface area contributed by atoms with E-state index in [9.17, 15) is 9.59 Å². The molecule has 1 N–H and O–H groups in total. The summed E-state index contributed by atoms with van der Waals surface area (Å²) in [4.78, 5) is 38.4. The first-order valence-electron chi connectivity index (χ1n) is 7.92. The average Bonchev–Trinajstić information content (AvgIpc) is 2.97. The van der Waals surface area contributed by atoms with Crippen LogP contribution < -0.4 is 5.32 Å². The number of amides is 2. The van der Waals surface area contributed by atoms with Crippen LogP contribution in [-0.2, 0) is 22.6 Å². The van der Waals surface area contributed by atoms with Crippen LogP contribution in [0.4, 0.5) is 0 Å². The van der Waals surface area contributed by atoms with Crippen molar-refractivity contribution in [2.75, 3.05) is 13.1 Å². The predicted molar refractivity (Wildman–Crippen MR) is 86.5 cm³/mol. The molecule has 124 valence electrons. The molecule has 1 saturated heterocycles. The van der Waals surface area contributed by atoms with Crippen LogP contribution in [0.25, 0.3) is 0 Å². The summed E-state index contributed by atoms with van der Waals surface area (Å²) in [6.45, 7) is 1.37. The van der Waals surface area contributed by atoms with Crippen molar-refractivity contribution in [1.29, 1.82) is 0 Å². The number of aromatic nitrogens is 3. The smallest absolute Gasteiger partial charge is 0.225 e. The number of pyridine rings is 1. The van der Waals surface area contributed by atoms with Crippen molar-refractivity contribution in [3.05, 3.63) is 54.4 Å². The molecule has 0 saturated carbocycles. The molecule has 1 aliphatic rings. The second kappa shape index (κ2) is 7.63. The summed E-state index contributed by atoms with van der Waals surface area (Å²) in [5.74, 6) is -0.395. The van der Waals surface area contributed by atoms with Gasteiger partial charge in [-0.15, -0.1) is 0 Å². The first-order chi connectivity index (χ1) is 11.7. The molecule has 3 rings (SSSR count). The Morgan fingerprint density at radius 2 is 2.08 bits per heavy atom. The van der Waals surface area contributed by atoms with E-state index < -0.39 is 0 Å². The van der Waals surface area contributed by atoms with Gasteiger partial charge in [0.15, 0.2) is 0 Å². The molecule has 3 heterocycles. The Balaban J connectivity index is 1.47. The van der Waals surface area contributed by atoms with Gasteiger partial charge in [0.1, 0.15) is 0 Å². The first-order valence-corrected chi connectivity index (χ1v) is 7.92. The lowest BCUT2D eigenvalue weighted by molar-refractivity contribution is -0.129. The van der Waals surface area contributed by atoms with E-state index in [0.29, 0.717) is 26.1 Å². The van der Waals surface area contributed by atoms with Crippen LogP contribution in [0.1, 0.15) is 17.8 Å². The van der Waals surface area contributed by atoms with E-state index in [1.807, 2.05) is 18.2 Å². The molecule has 7 nitrogen and oxygen atoms in total. The van der Waals surface area contributed by atoms with Crippen molar-refractivity contribution < 1.29 is 9.59 Å². The highest BCUT2D eigenvalue weighted by atomic mass is 16.2. The second-order valence-electron chi connectivity index (χ2n) is 5.73. The lowest BCUT2D eigenvalue weighted by atomic mass is 10.1. The molecule has 0 radical (unpaired) electrons. The fourth-order valence-corrected chi connectivity index (χ4v) is 2.70. The van der Waals surface area contributed by atoms with Crippen molar-refractivity contribution in [2.24, 2.45) is 5.92 Å². The van der Waals surface area contributed by atoms with E-state index in [1.54, 1.807) is 29.7 Å². The molecule has 0 unspecified atom stereocenters. The van der Waals surface area contributed by atoms with Gasteiger partial charge < -0.3 is 10.2 Å². The largest absolute Gasteiger partial charge is 0.355 e. The molecule has 1 aliphatic heterocycles. The van der Waals surface area contributed by atoms with E-state index in [0.717, 1.165) is 11.4 Å². The molecule has 0 aliphatic carbocycles. The average molecular weight is 325 g/mol. The fourth-order valence-electron chi connectivity index (χ4n) is 2.70. The fraction of sp³-hybridized carbons (Fsp3) is 0.353. The summed E-state index contributed by atoms with van der Waals surface area (Å²) in [5, 5.41) is 2.88. The summed E-state index contributed by atoms with van der Waals surface area (Å²) < 4.78 is 0. The highest BCUT2D eigenvalue weighted by Gasteiger charge is 2.34. The van der Waals surface area contributed by atoms with E-state index >= 15 is 0 Å². The molecule has 0 aromatic carbocycles. The van der Waals surface area contributed by atoms with Crippen LogP contribution in [0, 0.1) is 5.92 Å². The van der Waals surface area contributed by atoms with Gasteiger partial charge in [-0.1, -0.05) is 6.07 Å². The molecule has 2 aromatic heterocycles. The minimum atomic E-state index is -0.303.